The van der Waals surface area contributed by atoms with Crippen molar-refractivity contribution in [3.05, 3.63) is 18.2 Å². The lowest BCUT2D eigenvalue weighted by atomic mass is 10.2. The van der Waals surface area contributed by atoms with Gasteiger partial charge in [0.05, 0.1) is 5.69 Å². The predicted octanol–water partition coefficient (Wildman–Crippen LogP) is 0.708. The molecule has 0 saturated heterocycles. The van der Waals surface area contributed by atoms with Crippen molar-refractivity contribution in [3.8, 4) is 11.5 Å². The van der Waals surface area contributed by atoms with E-state index in [1.807, 2.05) is 6.92 Å². The molecule has 1 aromatic rings. The molecule has 10 nitrogen and oxygen atoms in total. The van der Waals surface area contributed by atoms with Crippen LogP contribution in [0.3, 0.4) is 0 Å². The molecule has 8 N–H and O–H groups in total. The van der Waals surface area contributed by atoms with E-state index in [1.54, 1.807) is 0 Å². The third-order valence-corrected chi connectivity index (χ3v) is 4.32. The Morgan fingerprint density at radius 1 is 1.44 bits per heavy atom. The molecular formula is C16H22ClN7O3. The number of guanidine groups is 1. The fourth-order valence-electron chi connectivity index (χ4n) is 2.63. The van der Waals surface area contributed by atoms with Crippen molar-refractivity contribution >= 4 is 40.7 Å². The monoisotopic (exact) mass is 395 g/mol. The quantitative estimate of drug-likeness (QED) is 0.185. The van der Waals surface area contributed by atoms with Crippen molar-refractivity contribution in [2.24, 2.45) is 16.5 Å². The zero-order valence-electron chi connectivity index (χ0n) is 14.7. The largest absolute Gasteiger partial charge is 0.508 e. The number of amides is 1. The van der Waals surface area contributed by atoms with Gasteiger partial charge in [0, 0.05) is 12.6 Å². The Morgan fingerprint density at radius 3 is 2.67 bits per heavy atom. The number of aliphatic imine (C=N–C) groups is 1. The number of nitrogens with one attached hydrogen (secondary N) is 2. The maximum absolute atomic E-state index is 11.6. The second-order valence-corrected chi connectivity index (χ2v) is 6.33. The minimum atomic E-state index is -1.26. The molecular weight excluding hydrogens is 374 g/mol. The lowest BCUT2D eigenvalue weighted by molar-refractivity contribution is -0.112. The number of benzene rings is 1. The van der Waals surface area contributed by atoms with Crippen LogP contribution in [0.2, 0.25) is 0 Å². The lowest BCUT2D eigenvalue weighted by Gasteiger charge is -2.39. The van der Waals surface area contributed by atoms with Crippen LogP contribution in [0.1, 0.15) is 19.8 Å². The van der Waals surface area contributed by atoms with Crippen LogP contribution in [0.5, 0.6) is 11.5 Å². The van der Waals surface area contributed by atoms with Crippen molar-refractivity contribution in [1.29, 1.82) is 10.8 Å². The number of aromatic hydroxyl groups is 2. The van der Waals surface area contributed by atoms with Crippen LogP contribution >= 0.6 is 11.6 Å². The summed E-state index contributed by atoms with van der Waals surface area (Å²) >= 11 is 6.00. The Bertz CT molecular complexity index is 798. The van der Waals surface area contributed by atoms with Crippen LogP contribution in [-0.4, -0.2) is 56.7 Å². The fraction of sp³-hybridized carbons (Fsp3) is 0.375. The van der Waals surface area contributed by atoms with Crippen LogP contribution in [0, 0.1) is 10.8 Å². The first-order chi connectivity index (χ1) is 12.7. The average molecular weight is 396 g/mol. The molecule has 11 heteroatoms. The summed E-state index contributed by atoms with van der Waals surface area (Å²) in [6.07, 6.45) is 0.208. The third kappa shape index (κ3) is 4.12. The molecule has 2 rings (SSSR count). The fourth-order valence-corrected chi connectivity index (χ4v) is 2.84. The molecule has 2 atom stereocenters. The number of alkyl halides is 1. The zero-order chi connectivity index (χ0) is 20.3. The Morgan fingerprint density at radius 2 is 2.11 bits per heavy atom. The van der Waals surface area contributed by atoms with Crippen LogP contribution < -0.4 is 16.4 Å². The van der Waals surface area contributed by atoms with Crippen molar-refractivity contribution < 1.29 is 15.0 Å². The van der Waals surface area contributed by atoms with Gasteiger partial charge in [0.1, 0.15) is 29.2 Å². The number of carbonyl (C=O) groups is 1. The number of hydrogen-bond donors (Lipinski definition) is 6. The van der Waals surface area contributed by atoms with Gasteiger partial charge in [-0.25, -0.2) is 0 Å². The second kappa shape index (κ2) is 8.23. The van der Waals surface area contributed by atoms with E-state index < -0.39 is 17.6 Å². The number of halogens is 1. The van der Waals surface area contributed by atoms with Gasteiger partial charge in [-0.3, -0.25) is 25.5 Å². The molecule has 0 aromatic heterocycles. The summed E-state index contributed by atoms with van der Waals surface area (Å²) in [6.45, 7) is 2.28. The van der Waals surface area contributed by atoms with Gasteiger partial charge in [0.25, 0.3) is 5.91 Å². The number of amidine groups is 1. The first-order valence-electron chi connectivity index (χ1n) is 8.21. The topological polar surface area (TPSA) is 176 Å². The van der Waals surface area contributed by atoms with Gasteiger partial charge in [-0.15, -0.1) is 0 Å². The number of rotatable bonds is 5. The summed E-state index contributed by atoms with van der Waals surface area (Å²) in [6, 6.07) is 3.95. The van der Waals surface area contributed by atoms with Crippen molar-refractivity contribution in [2.75, 3.05) is 11.4 Å². The number of carbonyl (C=O) groups excluding carboxylic acids is 1. The lowest BCUT2D eigenvalue weighted by Crippen LogP contribution is -2.64. The summed E-state index contributed by atoms with van der Waals surface area (Å²) < 4.78 is 0. The van der Waals surface area contributed by atoms with Gasteiger partial charge in [0.2, 0.25) is 5.96 Å². The van der Waals surface area contributed by atoms with E-state index in [0.717, 1.165) is 17.4 Å². The van der Waals surface area contributed by atoms with Crippen molar-refractivity contribution in [3.63, 3.8) is 0 Å². The molecule has 0 fully saturated rings. The molecule has 2 unspecified atom stereocenters. The SMILES string of the molecule is CCCCN(C(=N)N1C(=N)C(Cl)N=C(C(N)=O)C1N)c1ccc(O)cc1O. The molecule has 0 aliphatic carbocycles. The van der Waals surface area contributed by atoms with E-state index in [0.29, 0.717) is 13.0 Å². The summed E-state index contributed by atoms with van der Waals surface area (Å²) in [5, 5.41) is 36.5. The summed E-state index contributed by atoms with van der Waals surface area (Å²) in [5.74, 6) is -1.85. The standard InChI is InChI=1S/C16H22ClN7O3/c1-2-3-6-23(9-5-4-8(25)7-10(9)26)16(21)24-13(18)11(15(20)27)22-12(17)14(24)19/h4-5,7,12-13,19,21,25-26H,2-3,6,18H2,1H3,(H2,20,27). The van der Waals surface area contributed by atoms with Crippen LogP contribution in [0.25, 0.3) is 0 Å². The van der Waals surface area contributed by atoms with Gasteiger partial charge in [0.15, 0.2) is 5.50 Å². The third-order valence-electron chi connectivity index (χ3n) is 4.02. The first-order valence-corrected chi connectivity index (χ1v) is 8.65. The van der Waals surface area contributed by atoms with E-state index >= 15 is 0 Å². The van der Waals surface area contributed by atoms with Gasteiger partial charge < -0.3 is 26.6 Å². The highest BCUT2D eigenvalue weighted by atomic mass is 35.5. The number of phenolic OH excluding ortho intramolecular Hbond substituents is 2. The molecule has 1 heterocycles. The Labute approximate surface area is 161 Å². The van der Waals surface area contributed by atoms with Crippen molar-refractivity contribution in [2.45, 2.75) is 31.4 Å². The highest BCUT2D eigenvalue weighted by Crippen LogP contribution is 2.32. The Kier molecular flexibility index (Phi) is 6.24. The van der Waals surface area contributed by atoms with Gasteiger partial charge in [-0.1, -0.05) is 24.9 Å². The maximum Gasteiger partial charge on any atom is 0.266 e. The number of nitrogens with zero attached hydrogens (tertiary/aromatic N) is 3. The normalized spacial score (nSPS) is 19.6. The molecule has 0 spiro atoms. The summed E-state index contributed by atoms with van der Waals surface area (Å²) in [7, 11) is 0. The van der Waals surface area contributed by atoms with Gasteiger partial charge >= 0.3 is 0 Å². The molecule has 1 aliphatic heterocycles. The zero-order valence-corrected chi connectivity index (χ0v) is 15.4. The highest BCUT2D eigenvalue weighted by Gasteiger charge is 2.39. The minimum Gasteiger partial charge on any atom is -0.508 e. The first kappa shape index (κ1) is 20.5. The van der Waals surface area contributed by atoms with E-state index in [2.05, 4.69) is 4.99 Å². The van der Waals surface area contributed by atoms with E-state index in [-0.39, 0.29) is 34.7 Å². The van der Waals surface area contributed by atoms with Crippen molar-refractivity contribution in [1.82, 2.24) is 4.90 Å². The number of nitrogens with two attached hydrogens (primary N) is 2. The summed E-state index contributed by atoms with van der Waals surface area (Å²) in [5.41, 5.74) is 10.0. The second-order valence-electron chi connectivity index (χ2n) is 5.92. The van der Waals surface area contributed by atoms with E-state index in [1.165, 1.54) is 17.0 Å². The molecule has 1 amide bonds. The maximum atomic E-state index is 11.6. The highest BCUT2D eigenvalue weighted by molar-refractivity contribution is 6.45. The Balaban J connectivity index is 2.46. The molecule has 0 saturated carbocycles. The van der Waals surface area contributed by atoms with Crippen LogP contribution in [-0.2, 0) is 4.79 Å². The molecule has 1 aromatic carbocycles. The number of primary amides is 1. The smallest absolute Gasteiger partial charge is 0.266 e. The minimum absolute atomic E-state index is 0.135. The molecule has 146 valence electrons. The molecule has 0 bridgehead atoms. The number of phenols is 2. The number of anilines is 1. The van der Waals surface area contributed by atoms with Crippen LogP contribution in [0.15, 0.2) is 23.2 Å². The molecule has 27 heavy (non-hydrogen) atoms. The number of hydrogen-bond acceptors (Lipinski definition) is 7. The van der Waals surface area contributed by atoms with E-state index in [4.69, 9.17) is 33.9 Å². The predicted molar refractivity (Wildman–Crippen MR) is 104 cm³/mol. The van der Waals surface area contributed by atoms with Gasteiger partial charge in [-0.2, -0.15) is 0 Å². The molecule has 1 aliphatic rings. The van der Waals surface area contributed by atoms with Crippen LogP contribution in [0.4, 0.5) is 5.69 Å². The average Bonchev–Trinajstić information content (AvgIpc) is 2.59. The Hall–Kier alpha value is -2.85. The number of unbranched alkanes of at least 4 members (excludes halogenated alkanes) is 1. The molecule has 0 radical (unpaired) electrons. The summed E-state index contributed by atoms with van der Waals surface area (Å²) in [4.78, 5) is 17.9. The van der Waals surface area contributed by atoms with Gasteiger partial charge in [-0.05, 0) is 18.6 Å². The van der Waals surface area contributed by atoms with E-state index in [9.17, 15) is 15.0 Å².